The predicted octanol–water partition coefficient (Wildman–Crippen LogP) is -0.874. The Bertz CT molecular complexity index is 207. The van der Waals surface area contributed by atoms with Crippen LogP contribution in [0.2, 0.25) is 5.32 Å². The summed E-state index contributed by atoms with van der Waals surface area (Å²) in [5.74, 6) is -0.534. The number of esters is 1. The molecule has 1 aliphatic heterocycles. The number of ether oxygens (including phenoxy) is 1. The molecule has 0 bridgehead atoms. The van der Waals surface area contributed by atoms with Gasteiger partial charge in [0, 0.05) is 0 Å². The number of morpholine rings is 1. The summed E-state index contributed by atoms with van der Waals surface area (Å²) in [6.07, 6.45) is -0.0165. The van der Waals surface area contributed by atoms with Crippen molar-refractivity contribution in [3.63, 3.8) is 0 Å². The third kappa shape index (κ3) is 1.99. The van der Waals surface area contributed by atoms with Crippen LogP contribution in [0.15, 0.2) is 0 Å². The van der Waals surface area contributed by atoms with Crippen LogP contribution in [0.1, 0.15) is 13.3 Å². The Hall–Kier alpha value is -0.541. The van der Waals surface area contributed by atoms with E-state index in [1.807, 2.05) is 0 Å². The van der Waals surface area contributed by atoms with Gasteiger partial charge in [0.15, 0.2) is 0 Å². The van der Waals surface area contributed by atoms with Gasteiger partial charge in [-0.1, -0.05) is 0 Å². The SMILES string of the molecule is C[C@@H]1OC(=O)[C@@H](CC[SeH])NC1=O. The van der Waals surface area contributed by atoms with E-state index in [-0.39, 0.29) is 11.9 Å². The molecule has 0 saturated carbocycles. The number of cyclic esters (lactones) is 1. The van der Waals surface area contributed by atoms with Crippen molar-refractivity contribution in [1.82, 2.24) is 5.32 Å². The molecular formula is C7H11NO3Se. The number of rotatable bonds is 2. The van der Waals surface area contributed by atoms with Crippen LogP contribution in [0.25, 0.3) is 0 Å². The average molecular weight is 236 g/mol. The molecule has 1 saturated heterocycles. The minimum absolute atomic E-state index is 0.208. The summed E-state index contributed by atoms with van der Waals surface area (Å²) in [6, 6.07) is -0.447. The Morgan fingerprint density at radius 3 is 2.83 bits per heavy atom. The summed E-state index contributed by atoms with van der Waals surface area (Å²) >= 11 is 2.37. The molecule has 0 radical (unpaired) electrons. The van der Waals surface area contributed by atoms with Gasteiger partial charge in [-0.3, -0.25) is 0 Å². The van der Waals surface area contributed by atoms with Crippen molar-refractivity contribution in [3.05, 3.63) is 0 Å². The van der Waals surface area contributed by atoms with Crippen molar-refractivity contribution in [2.75, 3.05) is 0 Å². The molecular weight excluding hydrogens is 225 g/mol. The van der Waals surface area contributed by atoms with Gasteiger partial charge in [0.1, 0.15) is 0 Å². The molecule has 0 aromatic rings. The summed E-state index contributed by atoms with van der Waals surface area (Å²) in [6.45, 7) is 1.56. The second-order valence-electron chi connectivity index (χ2n) is 2.65. The van der Waals surface area contributed by atoms with Crippen LogP contribution < -0.4 is 5.32 Å². The molecule has 1 rings (SSSR count). The fourth-order valence-electron chi connectivity index (χ4n) is 0.977. The average Bonchev–Trinajstić information content (AvgIpc) is 2.01. The van der Waals surface area contributed by atoms with Crippen LogP contribution in [-0.2, 0) is 14.3 Å². The van der Waals surface area contributed by atoms with Crippen molar-refractivity contribution in [2.45, 2.75) is 30.8 Å². The predicted molar refractivity (Wildman–Crippen MR) is 44.1 cm³/mol. The topological polar surface area (TPSA) is 55.4 Å². The Morgan fingerprint density at radius 1 is 1.58 bits per heavy atom. The molecule has 0 aliphatic carbocycles. The first-order valence-corrected chi connectivity index (χ1v) is 5.09. The molecule has 1 heterocycles. The molecule has 12 heavy (non-hydrogen) atoms. The van der Waals surface area contributed by atoms with Crippen LogP contribution in [0.3, 0.4) is 0 Å². The molecule has 0 unspecified atom stereocenters. The van der Waals surface area contributed by atoms with E-state index in [0.717, 1.165) is 5.32 Å². The Kier molecular flexibility index (Phi) is 3.12. The number of hydrogen-bond donors (Lipinski definition) is 1. The molecule has 5 heteroatoms. The van der Waals surface area contributed by atoms with E-state index in [2.05, 4.69) is 21.3 Å². The molecule has 0 spiro atoms. The number of carbonyl (C=O) groups excluding carboxylic acids is 2. The maximum atomic E-state index is 11.1. The van der Waals surface area contributed by atoms with E-state index in [0.29, 0.717) is 6.42 Å². The molecule has 1 fully saturated rings. The van der Waals surface area contributed by atoms with Crippen LogP contribution in [-0.4, -0.2) is 40.0 Å². The number of carbonyl (C=O) groups is 2. The first-order chi connectivity index (χ1) is 5.65. The first-order valence-electron chi connectivity index (χ1n) is 3.77. The number of nitrogens with one attached hydrogen (secondary N) is 1. The summed E-state index contributed by atoms with van der Waals surface area (Å²) in [7, 11) is 0. The zero-order valence-corrected chi connectivity index (χ0v) is 8.62. The third-order valence-electron chi connectivity index (χ3n) is 1.68. The van der Waals surface area contributed by atoms with Crippen LogP contribution >= 0.6 is 0 Å². The van der Waals surface area contributed by atoms with Crippen molar-refractivity contribution < 1.29 is 14.3 Å². The van der Waals surface area contributed by atoms with Gasteiger partial charge in [0.05, 0.1) is 0 Å². The van der Waals surface area contributed by atoms with Gasteiger partial charge < -0.3 is 0 Å². The van der Waals surface area contributed by atoms with Crippen LogP contribution in [0.4, 0.5) is 0 Å². The minimum atomic E-state index is -0.639. The Morgan fingerprint density at radius 2 is 2.25 bits per heavy atom. The van der Waals surface area contributed by atoms with E-state index >= 15 is 0 Å². The van der Waals surface area contributed by atoms with E-state index < -0.39 is 12.1 Å². The van der Waals surface area contributed by atoms with Crippen molar-refractivity contribution in [1.29, 1.82) is 0 Å². The number of amides is 1. The van der Waals surface area contributed by atoms with E-state index in [1.54, 1.807) is 6.92 Å². The van der Waals surface area contributed by atoms with Crippen molar-refractivity contribution in [2.24, 2.45) is 0 Å². The van der Waals surface area contributed by atoms with Gasteiger partial charge in [-0.2, -0.15) is 0 Å². The monoisotopic (exact) mass is 237 g/mol. The second kappa shape index (κ2) is 3.92. The fourth-order valence-corrected chi connectivity index (χ4v) is 1.52. The Balaban J connectivity index is 2.55. The van der Waals surface area contributed by atoms with E-state index in [9.17, 15) is 9.59 Å². The number of hydrogen-bond acceptors (Lipinski definition) is 3. The van der Waals surface area contributed by atoms with Gasteiger partial charge >= 0.3 is 78.3 Å². The summed E-state index contributed by atoms with van der Waals surface area (Å²) < 4.78 is 4.81. The zero-order valence-electron chi connectivity index (χ0n) is 6.74. The molecule has 0 aromatic heterocycles. The van der Waals surface area contributed by atoms with E-state index in [4.69, 9.17) is 4.74 Å². The first kappa shape index (κ1) is 9.55. The third-order valence-corrected chi connectivity index (χ3v) is 2.22. The summed E-state index contributed by atoms with van der Waals surface area (Å²) in [5, 5.41) is 3.39. The molecule has 68 valence electrons. The molecule has 1 amide bonds. The zero-order chi connectivity index (χ0) is 9.14. The van der Waals surface area contributed by atoms with Gasteiger partial charge in [-0.25, -0.2) is 0 Å². The van der Waals surface area contributed by atoms with Crippen LogP contribution in [0.5, 0.6) is 0 Å². The summed E-state index contributed by atoms with van der Waals surface area (Å²) in [5.41, 5.74) is 0. The molecule has 1 aliphatic rings. The van der Waals surface area contributed by atoms with Gasteiger partial charge in [-0.05, 0) is 0 Å². The second-order valence-corrected chi connectivity index (χ2v) is 3.59. The van der Waals surface area contributed by atoms with Crippen molar-refractivity contribution >= 4 is 27.9 Å². The maximum absolute atomic E-state index is 11.1. The standard InChI is InChI=1S/C7H11NO3Se/c1-4-6(9)8-5(2-3-12)7(10)11-4/h4-5,12H,2-3H2,1H3,(H,8,9)/t4-,5+/m0/s1. The molecule has 1 N–H and O–H groups in total. The quantitative estimate of drug-likeness (QED) is 0.500. The Labute approximate surface area is 78.8 Å². The molecule has 0 aromatic carbocycles. The van der Waals surface area contributed by atoms with Crippen LogP contribution in [0, 0.1) is 0 Å². The molecule has 4 nitrogen and oxygen atoms in total. The summed E-state index contributed by atoms with van der Waals surface area (Å²) in [4.78, 5) is 22.1. The fraction of sp³-hybridized carbons (Fsp3) is 0.714. The van der Waals surface area contributed by atoms with E-state index in [1.165, 1.54) is 0 Å². The normalized spacial score (nSPS) is 29.5. The van der Waals surface area contributed by atoms with Gasteiger partial charge in [-0.15, -0.1) is 0 Å². The van der Waals surface area contributed by atoms with Gasteiger partial charge in [0.25, 0.3) is 0 Å². The van der Waals surface area contributed by atoms with Crippen molar-refractivity contribution in [3.8, 4) is 0 Å². The van der Waals surface area contributed by atoms with Gasteiger partial charge in [0.2, 0.25) is 0 Å². The molecule has 2 atom stereocenters.